The Bertz CT molecular complexity index is 1100. The Hall–Kier alpha value is -2.54. The third-order valence-electron chi connectivity index (χ3n) is 8.87. The molecule has 1 aromatic carbocycles. The first-order valence-corrected chi connectivity index (χ1v) is 13.9. The Morgan fingerprint density at radius 1 is 1.06 bits per heavy atom. The van der Waals surface area contributed by atoms with Gasteiger partial charge >= 0.3 is 0 Å². The number of amides is 2. The molecule has 3 heterocycles. The molecule has 7 heteroatoms. The Kier molecular flexibility index (Phi) is 7.29. The number of aromatic nitrogens is 1. The molecule has 1 N–H and O–H groups in total. The number of likely N-dealkylation sites (tertiary alicyclic amines) is 1. The van der Waals surface area contributed by atoms with Gasteiger partial charge in [0.15, 0.2) is 0 Å². The molecule has 1 saturated heterocycles. The summed E-state index contributed by atoms with van der Waals surface area (Å²) in [5.74, 6) is 0.673. The summed E-state index contributed by atoms with van der Waals surface area (Å²) in [6, 6.07) is 8.57. The Morgan fingerprint density at radius 2 is 1.81 bits per heavy atom. The fourth-order valence-electron chi connectivity index (χ4n) is 6.49. The lowest BCUT2D eigenvalue weighted by Gasteiger charge is -2.46. The molecule has 2 atom stereocenters. The number of nitrogens with one attached hydrogen (secondary N) is 1. The molecule has 3 aliphatic rings. The van der Waals surface area contributed by atoms with Crippen LogP contribution in [0.5, 0.6) is 5.75 Å². The van der Waals surface area contributed by atoms with E-state index >= 15 is 0 Å². The van der Waals surface area contributed by atoms with Crippen LogP contribution in [0.25, 0.3) is 10.9 Å². The van der Waals surface area contributed by atoms with Crippen LogP contribution in [-0.4, -0.2) is 70.5 Å². The monoisotopic (exact) mass is 494 g/mol. The van der Waals surface area contributed by atoms with Crippen molar-refractivity contribution in [2.45, 2.75) is 95.8 Å². The number of ether oxygens (including phenoxy) is 1. The van der Waals surface area contributed by atoms with Gasteiger partial charge in [0.05, 0.1) is 19.2 Å². The van der Waals surface area contributed by atoms with Crippen molar-refractivity contribution >= 4 is 22.7 Å². The van der Waals surface area contributed by atoms with Gasteiger partial charge in [-0.15, -0.1) is 0 Å². The minimum atomic E-state index is -0.954. The summed E-state index contributed by atoms with van der Waals surface area (Å²) in [4.78, 5) is 32.4. The van der Waals surface area contributed by atoms with Gasteiger partial charge in [0, 0.05) is 36.6 Å². The number of benzene rings is 1. The van der Waals surface area contributed by atoms with Crippen LogP contribution in [0.4, 0.5) is 0 Å². The highest BCUT2D eigenvalue weighted by atomic mass is 16.5. The van der Waals surface area contributed by atoms with Crippen molar-refractivity contribution in [1.29, 1.82) is 0 Å². The molecule has 2 aromatic rings. The molecule has 2 fully saturated rings. The van der Waals surface area contributed by atoms with Crippen LogP contribution in [0.3, 0.4) is 0 Å². The fraction of sp³-hybridized carbons (Fsp3) is 0.655. The summed E-state index contributed by atoms with van der Waals surface area (Å²) in [5.41, 5.74) is 0.643. The van der Waals surface area contributed by atoms with Crippen molar-refractivity contribution in [1.82, 2.24) is 19.7 Å². The van der Waals surface area contributed by atoms with E-state index in [1.54, 1.807) is 7.11 Å². The molecule has 196 valence electrons. The molecule has 0 spiro atoms. The first-order valence-electron chi connectivity index (χ1n) is 13.9. The number of methoxy groups -OCH3 is 1. The minimum absolute atomic E-state index is 0.0233. The van der Waals surface area contributed by atoms with Gasteiger partial charge in [-0.2, -0.15) is 0 Å². The van der Waals surface area contributed by atoms with Gasteiger partial charge in [-0.25, -0.2) is 0 Å². The molecule has 5 rings (SSSR count). The molecule has 1 saturated carbocycles. The topological polar surface area (TPSA) is 66.8 Å². The molecule has 36 heavy (non-hydrogen) atoms. The van der Waals surface area contributed by atoms with Crippen molar-refractivity contribution in [3.8, 4) is 5.75 Å². The number of rotatable bonds is 6. The van der Waals surface area contributed by atoms with Gasteiger partial charge in [0.25, 0.3) is 5.91 Å². The first kappa shape index (κ1) is 25.1. The van der Waals surface area contributed by atoms with Crippen LogP contribution in [0, 0.1) is 0 Å². The zero-order valence-corrected chi connectivity index (χ0v) is 22.2. The van der Waals surface area contributed by atoms with Gasteiger partial charge in [0.2, 0.25) is 5.91 Å². The Balaban J connectivity index is 1.47. The first-order chi connectivity index (χ1) is 17.4. The maximum absolute atomic E-state index is 14.0. The maximum atomic E-state index is 14.0. The average molecular weight is 495 g/mol. The van der Waals surface area contributed by atoms with E-state index in [4.69, 9.17) is 4.74 Å². The van der Waals surface area contributed by atoms with Crippen LogP contribution in [-0.2, 0) is 11.3 Å². The number of hydrogen-bond acceptors (Lipinski definition) is 4. The number of nitrogens with zero attached hydrogens (tertiary/aromatic N) is 3. The van der Waals surface area contributed by atoms with Crippen LogP contribution in [0.15, 0.2) is 24.3 Å². The lowest BCUT2D eigenvalue weighted by molar-refractivity contribution is -0.133. The lowest BCUT2D eigenvalue weighted by atomic mass is 9.93. The van der Waals surface area contributed by atoms with Crippen molar-refractivity contribution in [2.75, 3.05) is 26.7 Å². The van der Waals surface area contributed by atoms with E-state index in [0.29, 0.717) is 24.8 Å². The second kappa shape index (κ2) is 10.4. The van der Waals surface area contributed by atoms with E-state index in [1.807, 2.05) is 40.7 Å². The van der Waals surface area contributed by atoms with E-state index in [0.717, 1.165) is 55.4 Å². The van der Waals surface area contributed by atoms with Crippen LogP contribution < -0.4 is 10.1 Å². The number of fused-ring (bicyclic) bond motifs is 3. The van der Waals surface area contributed by atoms with Gasteiger partial charge in [-0.1, -0.05) is 32.1 Å². The third-order valence-corrected chi connectivity index (χ3v) is 8.87. The molecule has 2 amide bonds. The summed E-state index contributed by atoms with van der Waals surface area (Å²) in [7, 11) is 1.65. The van der Waals surface area contributed by atoms with E-state index < -0.39 is 5.54 Å². The van der Waals surface area contributed by atoms with Crippen LogP contribution >= 0.6 is 0 Å². The minimum Gasteiger partial charge on any atom is -0.497 e. The highest BCUT2D eigenvalue weighted by molar-refractivity contribution is 6.03. The number of piperidine rings is 1. The SMILES string of the molecule is COc1ccc2cc3n(c2c1)C[C@@](C)(C(=O)NC1CCCCCC1)N(CCN1CCCC[C@H]1C)C3=O. The molecule has 1 aliphatic carbocycles. The van der Waals surface area contributed by atoms with Gasteiger partial charge in [0.1, 0.15) is 17.0 Å². The highest BCUT2D eigenvalue weighted by Crippen LogP contribution is 2.34. The number of carbonyl (C=O) groups excluding carboxylic acids is 2. The molecule has 0 unspecified atom stereocenters. The van der Waals surface area contributed by atoms with Crippen molar-refractivity contribution in [3.05, 3.63) is 30.0 Å². The maximum Gasteiger partial charge on any atom is 0.271 e. The van der Waals surface area contributed by atoms with Crippen molar-refractivity contribution in [3.63, 3.8) is 0 Å². The number of carbonyl (C=O) groups is 2. The molecular formula is C29H42N4O3. The summed E-state index contributed by atoms with van der Waals surface area (Å²) in [6.07, 6.45) is 10.5. The molecular weight excluding hydrogens is 452 g/mol. The third kappa shape index (κ3) is 4.74. The summed E-state index contributed by atoms with van der Waals surface area (Å²) in [6.45, 7) is 7.11. The summed E-state index contributed by atoms with van der Waals surface area (Å²) >= 11 is 0. The zero-order chi connectivity index (χ0) is 25.3. The highest BCUT2D eigenvalue weighted by Gasteiger charge is 2.48. The second-order valence-corrected chi connectivity index (χ2v) is 11.3. The van der Waals surface area contributed by atoms with E-state index in [-0.39, 0.29) is 17.9 Å². The normalized spacial score (nSPS) is 26.0. The molecule has 7 nitrogen and oxygen atoms in total. The second-order valence-electron chi connectivity index (χ2n) is 11.3. The lowest BCUT2D eigenvalue weighted by Crippen LogP contribution is -2.66. The van der Waals surface area contributed by atoms with E-state index in [1.165, 1.54) is 32.1 Å². The molecule has 1 aromatic heterocycles. The summed E-state index contributed by atoms with van der Waals surface area (Å²) < 4.78 is 7.50. The zero-order valence-electron chi connectivity index (χ0n) is 22.2. The van der Waals surface area contributed by atoms with Crippen LogP contribution in [0.2, 0.25) is 0 Å². The predicted molar refractivity (Wildman–Crippen MR) is 142 cm³/mol. The average Bonchev–Trinajstić information content (AvgIpc) is 3.04. The summed E-state index contributed by atoms with van der Waals surface area (Å²) in [5, 5.41) is 4.37. The smallest absolute Gasteiger partial charge is 0.271 e. The van der Waals surface area contributed by atoms with Gasteiger partial charge in [-0.05, 0) is 64.3 Å². The molecule has 2 aliphatic heterocycles. The Labute approximate surface area is 215 Å². The van der Waals surface area contributed by atoms with E-state index in [2.05, 4.69) is 17.1 Å². The molecule has 0 bridgehead atoms. The Morgan fingerprint density at radius 3 is 2.53 bits per heavy atom. The standard InChI is InChI=1S/C29H42N4O3/c1-21-10-8-9-15-31(21)16-17-33-27(34)26-18-22-13-14-24(36-3)19-25(22)32(26)20-29(33,2)28(35)30-23-11-6-4-5-7-12-23/h13-14,18-19,21,23H,4-12,15-17,20H2,1-3H3,(H,30,35)/t21-,29+/m1/s1. The van der Waals surface area contributed by atoms with Crippen molar-refractivity contribution < 1.29 is 14.3 Å². The predicted octanol–water partition coefficient (Wildman–Crippen LogP) is 4.58. The molecule has 0 radical (unpaired) electrons. The fourth-order valence-corrected chi connectivity index (χ4v) is 6.49. The van der Waals surface area contributed by atoms with Gasteiger partial charge in [-0.3, -0.25) is 14.5 Å². The van der Waals surface area contributed by atoms with E-state index in [9.17, 15) is 9.59 Å². The van der Waals surface area contributed by atoms with Gasteiger partial charge < -0.3 is 19.5 Å². The number of hydrogen-bond donors (Lipinski definition) is 1. The quantitative estimate of drug-likeness (QED) is 0.597. The van der Waals surface area contributed by atoms with Crippen molar-refractivity contribution in [2.24, 2.45) is 0 Å². The van der Waals surface area contributed by atoms with Crippen LogP contribution in [0.1, 0.15) is 82.1 Å². The largest absolute Gasteiger partial charge is 0.497 e.